The summed E-state index contributed by atoms with van der Waals surface area (Å²) in [5.41, 5.74) is 0.689. The van der Waals surface area contributed by atoms with E-state index >= 15 is 0 Å². The van der Waals surface area contributed by atoms with Crippen LogP contribution in [0.1, 0.15) is 27.6 Å². The van der Waals surface area contributed by atoms with Crippen molar-refractivity contribution in [1.82, 2.24) is 0 Å². The molecule has 2 rings (SSSR count). The number of anilines is 1. The van der Waals surface area contributed by atoms with Crippen LogP contribution in [-0.4, -0.2) is 45.3 Å². The predicted molar refractivity (Wildman–Crippen MR) is 101 cm³/mol. The van der Waals surface area contributed by atoms with Gasteiger partial charge in [0.2, 0.25) is 0 Å². The van der Waals surface area contributed by atoms with Crippen molar-refractivity contribution in [2.75, 3.05) is 32.8 Å². The van der Waals surface area contributed by atoms with Crippen molar-refractivity contribution in [2.24, 2.45) is 0 Å². The largest absolute Gasteiger partial charge is 0.493 e. The molecular weight excluding hydrogens is 366 g/mol. The van der Waals surface area contributed by atoms with Gasteiger partial charge >= 0.3 is 11.9 Å². The third-order valence-corrected chi connectivity index (χ3v) is 3.65. The molecule has 0 saturated carbocycles. The minimum atomic E-state index is -0.699. The second-order valence-electron chi connectivity index (χ2n) is 5.46. The van der Waals surface area contributed by atoms with E-state index in [1.54, 1.807) is 31.2 Å². The Bertz CT molecular complexity index is 863. The molecule has 148 valence electrons. The van der Waals surface area contributed by atoms with Crippen LogP contribution in [0.5, 0.6) is 11.5 Å². The molecule has 0 aromatic heterocycles. The van der Waals surface area contributed by atoms with Crippen LogP contribution in [0.2, 0.25) is 0 Å². The first-order chi connectivity index (χ1) is 13.5. The maximum Gasteiger partial charge on any atom is 0.340 e. The van der Waals surface area contributed by atoms with Gasteiger partial charge in [0.25, 0.3) is 5.91 Å². The number of hydrogen-bond acceptors (Lipinski definition) is 7. The summed E-state index contributed by atoms with van der Waals surface area (Å²) in [4.78, 5) is 36.2. The molecule has 0 aliphatic heterocycles. The van der Waals surface area contributed by atoms with Crippen LogP contribution in [0.15, 0.2) is 42.5 Å². The topological polar surface area (TPSA) is 100 Å². The SMILES string of the molecule is CCOC(=O)c1ccccc1NC(=O)COC(=O)c1ccc(OC)c(OC)c1. The van der Waals surface area contributed by atoms with Gasteiger partial charge in [0.15, 0.2) is 18.1 Å². The summed E-state index contributed by atoms with van der Waals surface area (Å²) in [5.74, 6) is -1.02. The highest BCUT2D eigenvalue weighted by Crippen LogP contribution is 2.27. The number of methoxy groups -OCH3 is 2. The van der Waals surface area contributed by atoms with E-state index in [2.05, 4.69) is 5.32 Å². The quantitative estimate of drug-likeness (QED) is 0.695. The van der Waals surface area contributed by atoms with Crippen LogP contribution in [0.4, 0.5) is 5.69 Å². The Hall–Kier alpha value is -3.55. The molecule has 2 aromatic rings. The van der Waals surface area contributed by atoms with Gasteiger partial charge in [0, 0.05) is 0 Å². The number of para-hydroxylation sites is 1. The zero-order chi connectivity index (χ0) is 20.5. The Morgan fingerprint density at radius 3 is 2.29 bits per heavy atom. The summed E-state index contributed by atoms with van der Waals surface area (Å²) in [5, 5.41) is 2.54. The van der Waals surface area contributed by atoms with E-state index in [0.29, 0.717) is 11.5 Å². The summed E-state index contributed by atoms with van der Waals surface area (Å²) in [6, 6.07) is 10.9. The number of hydrogen-bond donors (Lipinski definition) is 1. The van der Waals surface area contributed by atoms with Crippen molar-refractivity contribution < 1.29 is 33.3 Å². The van der Waals surface area contributed by atoms with Crippen molar-refractivity contribution in [2.45, 2.75) is 6.92 Å². The van der Waals surface area contributed by atoms with Gasteiger partial charge in [-0.15, -0.1) is 0 Å². The standard InChI is InChI=1S/C20H21NO7/c1-4-27-20(24)14-7-5-6-8-15(14)21-18(22)12-28-19(23)13-9-10-16(25-2)17(11-13)26-3/h5-11H,4,12H2,1-3H3,(H,21,22). The summed E-state index contributed by atoms with van der Waals surface area (Å²) >= 11 is 0. The van der Waals surface area contributed by atoms with Gasteiger partial charge in [-0.1, -0.05) is 12.1 Å². The number of esters is 2. The van der Waals surface area contributed by atoms with Crippen LogP contribution in [0.3, 0.4) is 0 Å². The van der Waals surface area contributed by atoms with Gasteiger partial charge in [-0.25, -0.2) is 9.59 Å². The van der Waals surface area contributed by atoms with Crippen LogP contribution < -0.4 is 14.8 Å². The Morgan fingerprint density at radius 2 is 1.61 bits per heavy atom. The normalized spacial score (nSPS) is 9.96. The molecule has 0 unspecified atom stereocenters. The highest BCUT2D eigenvalue weighted by molar-refractivity contribution is 6.02. The fraction of sp³-hybridized carbons (Fsp3) is 0.250. The third kappa shape index (κ3) is 5.23. The van der Waals surface area contributed by atoms with Gasteiger partial charge in [0.1, 0.15) is 0 Å². The number of carbonyl (C=O) groups excluding carboxylic acids is 3. The van der Waals surface area contributed by atoms with Crippen molar-refractivity contribution in [1.29, 1.82) is 0 Å². The molecule has 0 aliphatic rings. The molecule has 0 radical (unpaired) electrons. The molecule has 0 spiro atoms. The third-order valence-electron chi connectivity index (χ3n) is 3.65. The predicted octanol–water partition coefficient (Wildman–Crippen LogP) is 2.68. The lowest BCUT2D eigenvalue weighted by Crippen LogP contribution is -2.22. The molecule has 1 N–H and O–H groups in total. The number of benzene rings is 2. The number of ether oxygens (including phenoxy) is 4. The zero-order valence-corrected chi connectivity index (χ0v) is 15.8. The van der Waals surface area contributed by atoms with E-state index in [0.717, 1.165) is 0 Å². The van der Waals surface area contributed by atoms with Crippen LogP contribution in [0.25, 0.3) is 0 Å². The number of nitrogens with one attached hydrogen (secondary N) is 1. The van der Waals surface area contributed by atoms with E-state index in [1.165, 1.54) is 32.4 Å². The number of rotatable bonds is 8. The number of amides is 1. The van der Waals surface area contributed by atoms with Crippen LogP contribution in [-0.2, 0) is 14.3 Å². The minimum absolute atomic E-state index is 0.206. The monoisotopic (exact) mass is 387 g/mol. The van der Waals surface area contributed by atoms with E-state index in [4.69, 9.17) is 18.9 Å². The second kappa shape index (κ2) is 9.96. The van der Waals surface area contributed by atoms with Gasteiger partial charge < -0.3 is 24.3 Å². The lowest BCUT2D eigenvalue weighted by molar-refractivity contribution is -0.119. The molecule has 0 atom stereocenters. The highest BCUT2D eigenvalue weighted by Gasteiger charge is 2.16. The average Bonchev–Trinajstić information content (AvgIpc) is 2.72. The van der Waals surface area contributed by atoms with Gasteiger partial charge in [-0.3, -0.25) is 4.79 Å². The Kier molecular flexibility index (Phi) is 7.38. The summed E-state index contributed by atoms with van der Waals surface area (Å²) in [6.45, 7) is 1.38. The molecular formula is C20H21NO7. The maximum atomic E-state index is 12.2. The van der Waals surface area contributed by atoms with Crippen LogP contribution in [0, 0.1) is 0 Å². The van der Waals surface area contributed by atoms with Gasteiger partial charge in [-0.05, 0) is 37.3 Å². The molecule has 0 aliphatic carbocycles. The second-order valence-corrected chi connectivity index (χ2v) is 5.46. The molecule has 0 saturated heterocycles. The lowest BCUT2D eigenvalue weighted by Gasteiger charge is -2.11. The average molecular weight is 387 g/mol. The Balaban J connectivity index is 2.00. The van der Waals surface area contributed by atoms with Crippen molar-refractivity contribution >= 4 is 23.5 Å². The van der Waals surface area contributed by atoms with E-state index < -0.39 is 24.5 Å². The summed E-state index contributed by atoms with van der Waals surface area (Å²) in [7, 11) is 2.93. The van der Waals surface area contributed by atoms with Crippen molar-refractivity contribution in [3.05, 3.63) is 53.6 Å². The van der Waals surface area contributed by atoms with E-state index in [9.17, 15) is 14.4 Å². The molecule has 2 aromatic carbocycles. The van der Waals surface area contributed by atoms with Crippen molar-refractivity contribution in [3.63, 3.8) is 0 Å². The van der Waals surface area contributed by atoms with Gasteiger partial charge in [0.05, 0.1) is 37.6 Å². The van der Waals surface area contributed by atoms with Crippen molar-refractivity contribution in [3.8, 4) is 11.5 Å². The fourth-order valence-electron chi connectivity index (χ4n) is 2.34. The molecule has 0 fully saturated rings. The summed E-state index contributed by atoms with van der Waals surface area (Å²) < 4.78 is 20.2. The maximum absolute atomic E-state index is 12.2. The first-order valence-electron chi connectivity index (χ1n) is 8.45. The van der Waals surface area contributed by atoms with Crippen LogP contribution >= 0.6 is 0 Å². The zero-order valence-electron chi connectivity index (χ0n) is 15.8. The van der Waals surface area contributed by atoms with Gasteiger partial charge in [-0.2, -0.15) is 0 Å². The van der Waals surface area contributed by atoms with E-state index in [-0.39, 0.29) is 23.4 Å². The first-order valence-corrected chi connectivity index (χ1v) is 8.45. The molecule has 8 nitrogen and oxygen atoms in total. The smallest absolute Gasteiger partial charge is 0.340 e. The highest BCUT2D eigenvalue weighted by atomic mass is 16.5. The Morgan fingerprint density at radius 1 is 0.893 bits per heavy atom. The molecule has 0 heterocycles. The first kappa shape index (κ1) is 20.8. The number of carbonyl (C=O) groups is 3. The van der Waals surface area contributed by atoms with E-state index in [1.807, 2.05) is 0 Å². The molecule has 1 amide bonds. The fourth-order valence-corrected chi connectivity index (χ4v) is 2.34. The summed E-state index contributed by atoms with van der Waals surface area (Å²) in [6.07, 6.45) is 0. The minimum Gasteiger partial charge on any atom is -0.493 e. The molecule has 8 heteroatoms. The Labute approximate surface area is 162 Å². The lowest BCUT2D eigenvalue weighted by atomic mass is 10.2. The molecule has 0 bridgehead atoms. The molecule has 28 heavy (non-hydrogen) atoms.